The summed E-state index contributed by atoms with van der Waals surface area (Å²) >= 11 is 1.24. The third-order valence-electron chi connectivity index (χ3n) is 3.41. The molecule has 0 aliphatic heterocycles. The Balaban J connectivity index is 1.90. The molecule has 0 fully saturated rings. The second kappa shape index (κ2) is 9.28. The number of benzene rings is 1. The van der Waals surface area contributed by atoms with Crippen molar-refractivity contribution in [2.24, 2.45) is 0 Å². The molecule has 136 valence electrons. The summed E-state index contributed by atoms with van der Waals surface area (Å²) in [5, 5.41) is 11.5. The molecule has 25 heavy (non-hydrogen) atoms. The highest BCUT2D eigenvalue weighted by Gasteiger charge is 2.14. The first-order valence-electron chi connectivity index (χ1n) is 7.77. The molecule has 2 aromatic rings. The van der Waals surface area contributed by atoms with Gasteiger partial charge in [-0.2, -0.15) is 0 Å². The molecular weight excluding hydrogens is 342 g/mol. The number of methoxy groups -OCH3 is 2. The lowest BCUT2D eigenvalue weighted by molar-refractivity contribution is -0.119. The predicted molar refractivity (Wildman–Crippen MR) is 96.2 cm³/mol. The monoisotopic (exact) mass is 365 g/mol. The zero-order valence-electron chi connectivity index (χ0n) is 14.6. The maximum Gasteiger partial charge on any atom is 0.230 e. The van der Waals surface area contributed by atoms with Crippen LogP contribution < -0.4 is 15.9 Å². The topological polar surface area (TPSA) is 104 Å². The van der Waals surface area contributed by atoms with Crippen LogP contribution in [0.15, 0.2) is 29.4 Å². The van der Waals surface area contributed by atoms with E-state index >= 15 is 0 Å². The van der Waals surface area contributed by atoms with E-state index in [2.05, 4.69) is 15.5 Å². The molecule has 1 aromatic carbocycles. The lowest BCUT2D eigenvalue weighted by Gasteiger charge is -2.12. The molecule has 1 atom stereocenters. The minimum atomic E-state index is -0.103. The fraction of sp³-hybridized carbons (Fsp3) is 0.438. The molecule has 1 amide bonds. The van der Waals surface area contributed by atoms with Crippen molar-refractivity contribution in [3.05, 3.63) is 35.7 Å². The van der Waals surface area contributed by atoms with E-state index in [0.29, 0.717) is 24.0 Å². The second-order valence-electron chi connectivity index (χ2n) is 5.51. The summed E-state index contributed by atoms with van der Waals surface area (Å²) in [4.78, 5) is 11.9. The van der Waals surface area contributed by atoms with Crippen LogP contribution in [0.4, 0.5) is 0 Å². The first kappa shape index (κ1) is 19.1. The summed E-state index contributed by atoms with van der Waals surface area (Å²) < 4.78 is 11.5. The summed E-state index contributed by atoms with van der Waals surface area (Å²) in [6.45, 7) is 2.35. The highest BCUT2D eigenvalue weighted by molar-refractivity contribution is 7.99. The van der Waals surface area contributed by atoms with Gasteiger partial charge in [0.25, 0.3) is 0 Å². The predicted octanol–water partition coefficient (Wildman–Crippen LogP) is 0.834. The van der Waals surface area contributed by atoms with Gasteiger partial charge in [0.15, 0.2) is 5.82 Å². The lowest BCUT2D eigenvalue weighted by atomic mass is 10.1. The first-order valence-corrected chi connectivity index (χ1v) is 8.75. The van der Waals surface area contributed by atoms with Gasteiger partial charge in [-0.1, -0.05) is 23.9 Å². The zero-order chi connectivity index (χ0) is 18.2. The van der Waals surface area contributed by atoms with E-state index in [-0.39, 0.29) is 17.7 Å². The van der Waals surface area contributed by atoms with Crippen molar-refractivity contribution in [3.8, 4) is 5.75 Å². The van der Waals surface area contributed by atoms with Gasteiger partial charge in [0, 0.05) is 19.6 Å². The largest absolute Gasteiger partial charge is 0.497 e. The molecule has 0 bridgehead atoms. The van der Waals surface area contributed by atoms with Crippen LogP contribution in [0.3, 0.4) is 0 Å². The molecule has 8 nitrogen and oxygen atoms in total. The molecule has 0 aliphatic rings. The Hall–Kier alpha value is -2.26. The number of aromatic nitrogens is 3. The van der Waals surface area contributed by atoms with Crippen LogP contribution in [0.5, 0.6) is 5.75 Å². The van der Waals surface area contributed by atoms with Crippen molar-refractivity contribution in [2.75, 3.05) is 32.4 Å². The van der Waals surface area contributed by atoms with Gasteiger partial charge in [0.05, 0.1) is 19.5 Å². The van der Waals surface area contributed by atoms with Crippen LogP contribution in [0.25, 0.3) is 0 Å². The van der Waals surface area contributed by atoms with Crippen LogP contribution in [0.1, 0.15) is 18.3 Å². The van der Waals surface area contributed by atoms with Gasteiger partial charge in [-0.15, -0.1) is 10.2 Å². The Morgan fingerprint density at radius 3 is 2.68 bits per heavy atom. The van der Waals surface area contributed by atoms with E-state index in [1.165, 1.54) is 16.4 Å². The van der Waals surface area contributed by atoms with E-state index in [4.69, 9.17) is 15.3 Å². The maximum absolute atomic E-state index is 11.9. The number of nitrogen functional groups attached to an aromatic ring is 1. The van der Waals surface area contributed by atoms with Crippen molar-refractivity contribution >= 4 is 17.7 Å². The molecule has 1 aromatic heterocycles. The Morgan fingerprint density at radius 2 is 2.04 bits per heavy atom. The van der Waals surface area contributed by atoms with Crippen LogP contribution in [0.2, 0.25) is 0 Å². The number of hydrogen-bond acceptors (Lipinski definition) is 7. The number of hydrogen-bond donors (Lipinski definition) is 2. The number of thioether (sulfide) groups is 1. The molecule has 0 radical (unpaired) electrons. The average Bonchev–Trinajstić information content (AvgIpc) is 2.94. The summed E-state index contributed by atoms with van der Waals surface area (Å²) in [5.41, 5.74) is 1.04. The summed E-state index contributed by atoms with van der Waals surface area (Å²) in [5.74, 6) is 7.57. The number of rotatable bonds is 9. The van der Waals surface area contributed by atoms with Crippen molar-refractivity contribution in [1.82, 2.24) is 20.2 Å². The Kier molecular flexibility index (Phi) is 7.08. The molecule has 3 N–H and O–H groups in total. The quantitative estimate of drug-likeness (QED) is 0.501. The SMILES string of the molecule is COC[C@H](C)NC(=O)CSc1nnc(Cc2ccc(OC)cc2)n1N. The molecule has 0 unspecified atom stereocenters. The van der Waals surface area contributed by atoms with Crippen molar-refractivity contribution < 1.29 is 14.3 Å². The van der Waals surface area contributed by atoms with Crippen LogP contribution >= 0.6 is 11.8 Å². The number of nitrogens with zero attached hydrogens (tertiary/aromatic N) is 3. The highest BCUT2D eigenvalue weighted by Crippen LogP contribution is 2.17. The normalized spacial score (nSPS) is 12.0. The molecule has 1 heterocycles. The minimum absolute atomic E-state index is 0.0421. The number of nitrogens with two attached hydrogens (primary N) is 1. The third-order valence-corrected chi connectivity index (χ3v) is 4.36. The Morgan fingerprint density at radius 1 is 1.32 bits per heavy atom. The first-order chi connectivity index (χ1) is 12.0. The van der Waals surface area contributed by atoms with Crippen LogP contribution in [-0.4, -0.2) is 53.4 Å². The van der Waals surface area contributed by atoms with Gasteiger partial charge >= 0.3 is 0 Å². The Bertz CT molecular complexity index is 690. The van der Waals surface area contributed by atoms with Gasteiger partial charge in [-0.3, -0.25) is 4.79 Å². The Labute approximate surface area is 151 Å². The van der Waals surface area contributed by atoms with Crippen molar-refractivity contribution in [3.63, 3.8) is 0 Å². The number of amides is 1. The molecule has 9 heteroatoms. The summed E-state index contributed by atoms with van der Waals surface area (Å²) in [7, 11) is 3.22. The van der Waals surface area contributed by atoms with Gasteiger partial charge in [0.1, 0.15) is 5.75 Å². The van der Waals surface area contributed by atoms with Gasteiger partial charge in [-0.25, -0.2) is 4.68 Å². The molecular formula is C16H23N5O3S. The van der Waals surface area contributed by atoms with Crippen molar-refractivity contribution in [2.45, 2.75) is 24.5 Å². The smallest absolute Gasteiger partial charge is 0.230 e. The van der Waals surface area contributed by atoms with E-state index in [0.717, 1.165) is 11.3 Å². The van der Waals surface area contributed by atoms with Crippen LogP contribution in [0, 0.1) is 0 Å². The summed E-state index contributed by atoms with van der Waals surface area (Å²) in [6, 6.07) is 7.62. The minimum Gasteiger partial charge on any atom is -0.497 e. The standard InChI is InChI=1S/C16H23N5O3S/c1-11(9-23-2)18-15(22)10-25-16-20-19-14(21(16)17)8-12-4-6-13(24-3)7-5-12/h4-7,11H,8-10,17H2,1-3H3,(H,18,22)/t11-/m0/s1. The van der Waals surface area contributed by atoms with E-state index in [9.17, 15) is 4.79 Å². The fourth-order valence-electron chi connectivity index (χ4n) is 2.19. The zero-order valence-corrected chi connectivity index (χ0v) is 15.4. The maximum atomic E-state index is 11.9. The number of nitrogens with one attached hydrogen (secondary N) is 1. The van der Waals surface area contributed by atoms with Gasteiger partial charge in [-0.05, 0) is 24.6 Å². The molecule has 0 saturated carbocycles. The molecule has 0 aliphatic carbocycles. The highest BCUT2D eigenvalue weighted by atomic mass is 32.2. The van der Waals surface area contributed by atoms with E-state index in [1.54, 1.807) is 14.2 Å². The van der Waals surface area contributed by atoms with E-state index < -0.39 is 0 Å². The fourth-order valence-corrected chi connectivity index (χ4v) is 2.88. The van der Waals surface area contributed by atoms with Gasteiger partial charge < -0.3 is 20.6 Å². The lowest BCUT2D eigenvalue weighted by Crippen LogP contribution is -2.36. The second-order valence-corrected chi connectivity index (χ2v) is 6.45. The number of carbonyl (C=O) groups excluding carboxylic acids is 1. The van der Waals surface area contributed by atoms with E-state index in [1.807, 2.05) is 31.2 Å². The third kappa shape index (κ3) is 5.64. The molecule has 0 spiro atoms. The van der Waals surface area contributed by atoms with Crippen molar-refractivity contribution in [1.29, 1.82) is 0 Å². The molecule has 2 rings (SSSR count). The summed E-state index contributed by atoms with van der Waals surface area (Å²) in [6.07, 6.45) is 0.547. The molecule has 0 saturated heterocycles. The van der Waals surface area contributed by atoms with Gasteiger partial charge in [0.2, 0.25) is 11.1 Å². The number of carbonyl (C=O) groups is 1. The van der Waals surface area contributed by atoms with Crippen LogP contribution in [-0.2, 0) is 16.0 Å². The average molecular weight is 365 g/mol. The number of ether oxygens (including phenoxy) is 2.